The summed E-state index contributed by atoms with van der Waals surface area (Å²) in [6.07, 6.45) is 5.20. The highest BCUT2D eigenvalue weighted by atomic mass is 16.4. The second-order valence-electron chi connectivity index (χ2n) is 8.77. The van der Waals surface area contributed by atoms with Gasteiger partial charge in [-0.1, -0.05) is 0 Å². The van der Waals surface area contributed by atoms with Crippen molar-refractivity contribution in [3.8, 4) is 0 Å². The topological polar surface area (TPSA) is 64.1 Å². The molecular formula is C21H27N3O3. The van der Waals surface area contributed by atoms with Crippen molar-refractivity contribution in [2.24, 2.45) is 11.8 Å². The van der Waals surface area contributed by atoms with Crippen molar-refractivity contribution >= 4 is 17.7 Å². The van der Waals surface area contributed by atoms with Crippen LogP contribution in [0.15, 0.2) is 24.3 Å². The highest BCUT2D eigenvalue weighted by Gasteiger charge is 2.45. The molecule has 6 heteroatoms. The number of hydrogen-bond acceptors (Lipinski definition) is 3. The summed E-state index contributed by atoms with van der Waals surface area (Å²) in [5.41, 5.74) is 1.87. The van der Waals surface area contributed by atoms with E-state index in [4.69, 9.17) is 0 Å². The molecule has 4 aliphatic heterocycles. The van der Waals surface area contributed by atoms with E-state index in [-0.39, 0.29) is 18.0 Å². The summed E-state index contributed by atoms with van der Waals surface area (Å²) in [6.45, 7) is 3.16. The molecule has 5 aliphatic rings. The minimum atomic E-state index is -0.811. The van der Waals surface area contributed by atoms with Gasteiger partial charge in [0.25, 0.3) is 5.91 Å². The summed E-state index contributed by atoms with van der Waals surface area (Å²) >= 11 is 0. The highest BCUT2D eigenvalue weighted by molar-refractivity contribution is 5.94. The molecule has 1 saturated carbocycles. The number of hydrogen-bond donors (Lipinski definition) is 1. The maximum Gasteiger partial charge on any atom is 0.407 e. The van der Waals surface area contributed by atoms with E-state index in [9.17, 15) is 14.7 Å². The molecule has 0 aromatic heterocycles. The number of piperazine rings is 1. The lowest BCUT2D eigenvalue weighted by Crippen LogP contribution is -2.48. The van der Waals surface area contributed by atoms with Crippen LogP contribution in [0.4, 0.5) is 10.5 Å². The quantitative estimate of drug-likeness (QED) is 0.871. The second-order valence-corrected chi connectivity index (χ2v) is 8.77. The molecule has 27 heavy (non-hydrogen) atoms. The predicted molar refractivity (Wildman–Crippen MR) is 102 cm³/mol. The van der Waals surface area contributed by atoms with E-state index in [0.717, 1.165) is 37.3 Å². The molecule has 0 spiro atoms. The number of carbonyl (C=O) groups is 2. The minimum absolute atomic E-state index is 0.0985. The molecule has 4 heterocycles. The first kappa shape index (κ1) is 16.9. The average molecular weight is 369 g/mol. The Balaban J connectivity index is 1.27. The number of anilines is 1. The highest BCUT2D eigenvalue weighted by Crippen LogP contribution is 2.36. The molecule has 1 aromatic rings. The molecule has 0 unspecified atom stereocenters. The lowest BCUT2D eigenvalue weighted by Gasteiger charge is -2.34. The first-order valence-corrected chi connectivity index (χ1v) is 10.2. The number of rotatable bonds is 2. The van der Waals surface area contributed by atoms with Crippen LogP contribution in [-0.4, -0.2) is 65.2 Å². The fourth-order valence-corrected chi connectivity index (χ4v) is 5.66. The Morgan fingerprint density at radius 2 is 1.48 bits per heavy atom. The minimum Gasteiger partial charge on any atom is -0.465 e. The average Bonchev–Trinajstić information content (AvgIpc) is 3.16. The smallest absolute Gasteiger partial charge is 0.407 e. The third kappa shape index (κ3) is 2.95. The summed E-state index contributed by atoms with van der Waals surface area (Å²) in [5, 5.41) is 9.24. The number of nitrogens with zero attached hydrogens (tertiary/aromatic N) is 3. The molecular weight excluding hydrogens is 342 g/mol. The van der Waals surface area contributed by atoms with Crippen LogP contribution in [-0.2, 0) is 0 Å². The van der Waals surface area contributed by atoms with Gasteiger partial charge in [0.2, 0.25) is 0 Å². The van der Waals surface area contributed by atoms with E-state index in [1.807, 2.05) is 24.3 Å². The third-order valence-electron chi connectivity index (χ3n) is 7.14. The first-order chi connectivity index (χ1) is 13.1. The Hall–Kier alpha value is -2.24. The molecule has 5 fully saturated rings. The van der Waals surface area contributed by atoms with Crippen molar-refractivity contribution in [3.63, 3.8) is 0 Å². The zero-order valence-corrected chi connectivity index (χ0v) is 15.6. The zero-order chi connectivity index (χ0) is 18.5. The largest absolute Gasteiger partial charge is 0.465 e. The van der Waals surface area contributed by atoms with E-state index in [1.165, 1.54) is 25.7 Å². The van der Waals surface area contributed by atoms with Gasteiger partial charge in [-0.3, -0.25) is 4.79 Å². The van der Waals surface area contributed by atoms with Gasteiger partial charge in [0, 0.05) is 43.5 Å². The van der Waals surface area contributed by atoms with Gasteiger partial charge in [0.15, 0.2) is 0 Å². The molecule has 1 N–H and O–H groups in total. The summed E-state index contributed by atoms with van der Waals surface area (Å²) in [5.74, 6) is 1.54. The first-order valence-electron chi connectivity index (χ1n) is 10.2. The van der Waals surface area contributed by atoms with Gasteiger partial charge in [-0.15, -0.1) is 0 Å². The van der Waals surface area contributed by atoms with Crippen LogP contribution in [0, 0.1) is 11.8 Å². The maximum absolute atomic E-state index is 13.0. The number of carboxylic acid groups (broad SMARTS) is 1. The standard InChI is InChI=1S/C21H27N3O3/c25-20(22-10-14-1-2-15(11-22)4-3-14)16-5-7-17(8-6-16)23-12-19-9-18(23)13-24(19)21(26)27/h5-8,14-15,18-19H,1-4,9-13H2,(H,26,27)/t14?,15?,18-,19-/m0/s1. The van der Waals surface area contributed by atoms with Crippen LogP contribution in [0.5, 0.6) is 0 Å². The molecule has 2 amide bonds. The van der Waals surface area contributed by atoms with Crippen molar-refractivity contribution in [1.82, 2.24) is 9.80 Å². The van der Waals surface area contributed by atoms with Crippen molar-refractivity contribution < 1.29 is 14.7 Å². The fourth-order valence-electron chi connectivity index (χ4n) is 5.66. The van der Waals surface area contributed by atoms with Crippen LogP contribution in [0.2, 0.25) is 0 Å². The van der Waals surface area contributed by atoms with E-state index < -0.39 is 6.09 Å². The van der Waals surface area contributed by atoms with Crippen LogP contribution in [0.25, 0.3) is 0 Å². The number of fused-ring (bicyclic) bond motifs is 6. The Labute approximate surface area is 159 Å². The molecule has 4 saturated heterocycles. The van der Waals surface area contributed by atoms with Crippen LogP contribution < -0.4 is 4.90 Å². The van der Waals surface area contributed by atoms with Gasteiger partial charge in [0.1, 0.15) is 0 Å². The van der Waals surface area contributed by atoms with Crippen molar-refractivity contribution in [3.05, 3.63) is 29.8 Å². The van der Waals surface area contributed by atoms with E-state index in [0.29, 0.717) is 18.4 Å². The van der Waals surface area contributed by atoms with Crippen LogP contribution in [0.1, 0.15) is 42.5 Å². The van der Waals surface area contributed by atoms with Crippen molar-refractivity contribution in [1.29, 1.82) is 0 Å². The Bertz CT molecular complexity index is 728. The molecule has 6 nitrogen and oxygen atoms in total. The van der Waals surface area contributed by atoms with Crippen LogP contribution >= 0.6 is 0 Å². The third-order valence-corrected chi connectivity index (χ3v) is 7.14. The molecule has 0 radical (unpaired) electrons. The van der Waals surface area contributed by atoms with Gasteiger partial charge in [-0.05, 0) is 68.2 Å². The number of likely N-dealkylation sites (tertiary alicyclic amines) is 1. The molecule has 2 atom stereocenters. The van der Waals surface area contributed by atoms with Crippen LogP contribution in [0.3, 0.4) is 0 Å². The Morgan fingerprint density at radius 1 is 0.852 bits per heavy atom. The molecule has 4 bridgehead atoms. The normalized spacial score (nSPS) is 32.1. The van der Waals surface area contributed by atoms with Crippen molar-refractivity contribution in [2.45, 2.75) is 44.2 Å². The van der Waals surface area contributed by atoms with Gasteiger partial charge in [0.05, 0.1) is 6.04 Å². The second kappa shape index (κ2) is 6.43. The van der Waals surface area contributed by atoms with E-state index >= 15 is 0 Å². The fraction of sp³-hybridized carbons (Fsp3) is 0.619. The summed E-state index contributed by atoms with van der Waals surface area (Å²) < 4.78 is 0. The van der Waals surface area contributed by atoms with Crippen molar-refractivity contribution in [2.75, 3.05) is 31.1 Å². The van der Waals surface area contributed by atoms with E-state index in [2.05, 4.69) is 9.80 Å². The Kier molecular flexibility index (Phi) is 4.02. The molecule has 1 aliphatic carbocycles. The summed E-state index contributed by atoms with van der Waals surface area (Å²) in [7, 11) is 0. The maximum atomic E-state index is 13.0. The lowest BCUT2D eigenvalue weighted by molar-refractivity contribution is 0.0739. The predicted octanol–water partition coefficient (Wildman–Crippen LogP) is 2.89. The molecule has 1 aromatic carbocycles. The summed E-state index contributed by atoms with van der Waals surface area (Å²) in [4.78, 5) is 30.2. The number of benzene rings is 1. The number of amides is 2. The van der Waals surface area contributed by atoms with Gasteiger partial charge < -0.3 is 19.8 Å². The monoisotopic (exact) mass is 369 g/mol. The number of carbonyl (C=O) groups excluding carboxylic acids is 1. The molecule has 144 valence electrons. The Morgan fingerprint density at radius 3 is 2.00 bits per heavy atom. The SMILES string of the molecule is O=C(c1ccc(N2C[C@@H]3C[C@H]2CN3C(=O)O)cc1)N1CC2CCC(CC2)C1. The molecule has 6 rings (SSSR count). The van der Waals surface area contributed by atoms with Gasteiger partial charge in [-0.25, -0.2) is 4.79 Å². The van der Waals surface area contributed by atoms with E-state index in [1.54, 1.807) is 4.90 Å². The summed E-state index contributed by atoms with van der Waals surface area (Å²) in [6, 6.07) is 8.32. The zero-order valence-electron chi connectivity index (χ0n) is 15.6. The van der Waals surface area contributed by atoms with Gasteiger partial charge >= 0.3 is 6.09 Å². The van der Waals surface area contributed by atoms with Gasteiger partial charge in [-0.2, -0.15) is 0 Å². The lowest BCUT2D eigenvalue weighted by atomic mass is 9.84.